The van der Waals surface area contributed by atoms with Crippen molar-refractivity contribution in [1.82, 2.24) is 0 Å². The van der Waals surface area contributed by atoms with Crippen LogP contribution in [-0.2, 0) is 4.79 Å². The molecule has 2 aromatic carbocycles. The quantitative estimate of drug-likeness (QED) is 0.501. The van der Waals surface area contributed by atoms with Crippen LogP contribution in [0, 0.1) is 5.82 Å². The Labute approximate surface area is 151 Å². The van der Waals surface area contributed by atoms with Gasteiger partial charge in [0.15, 0.2) is 4.32 Å². The molecule has 2 aromatic rings. The van der Waals surface area contributed by atoms with Crippen LogP contribution in [0.25, 0.3) is 6.08 Å². The molecule has 0 radical (unpaired) electrons. The smallest absolute Gasteiger partial charge is 0.268 e. The van der Waals surface area contributed by atoms with Crippen molar-refractivity contribution < 1.29 is 9.18 Å². The maximum absolute atomic E-state index is 13.9. The van der Waals surface area contributed by atoms with Crippen LogP contribution < -0.4 is 4.90 Å². The van der Waals surface area contributed by atoms with Crippen LogP contribution in [0.1, 0.15) is 5.56 Å². The predicted octanol–water partition coefficient (Wildman–Crippen LogP) is 5.54. The number of rotatable bonds is 2. The van der Waals surface area contributed by atoms with E-state index in [-0.39, 0.29) is 15.9 Å². The fraction of sp³-hybridized carbons (Fsp3) is 0. The third-order valence-corrected chi connectivity index (χ3v) is 5.17. The van der Waals surface area contributed by atoms with Crippen LogP contribution in [-0.4, -0.2) is 10.2 Å². The van der Waals surface area contributed by atoms with Gasteiger partial charge < -0.3 is 0 Å². The zero-order chi connectivity index (χ0) is 16.6. The number of hydrogen-bond acceptors (Lipinski definition) is 3. The van der Waals surface area contributed by atoms with E-state index in [1.54, 1.807) is 36.4 Å². The van der Waals surface area contributed by atoms with E-state index in [0.717, 1.165) is 11.8 Å². The van der Waals surface area contributed by atoms with E-state index in [4.69, 9.17) is 35.4 Å². The number of thioether (sulfide) groups is 1. The van der Waals surface area contributed by atoms with Gasteiger partial charge in [-0.3, -0.25) is 9.69 Å². The number of para-hydroxylation sites is 1. The lowest BCUT2D eigenvalue weighted by Gasteiger charge is -2.14. The van der Waals surface area contributed by atoms with Gasteiger partial charge >= 0.3 is 0 Å². The fourth-order valence-corrected chi connectivity index (χ4v) is 3.65. The molecule has 0 saturated carbocycles. The molecular formula is C16H8Cl2FNOS2. The maximum Gasteiger partial charge on any atom is 0.270 e. The maximum atomic E-state index is 13.9. The largest absolute Gasteiger partial charge is 0.270 e. The third kappa shape index (κ3) is 3.28. The summed E-state index contributed by atoms with van der Waals surface area (Å²) in [6.45, 7) is 0. The highest BCUT2D eigenvalue weighted by molar-refractivity contribution is 8.27. The average Bonchev–Trinajstić information content (AvgIpc) is 2.78. The summed E-state index contributed by atoms with van der Waals surface area (Å²) in [6, 6.07) is 11.1. The predicted molar refractivity (Wildman–Crippen MR) is 98.5 cm³/mol. The van der Waals surface area contributed by atoms with Gasteiger partial charge in [0.25, 0.3) is 5.91 Å². The molecule has 3 rings (SSSR count). The Bertz CT molecular complexity index is 854. The van der Waals surface area contributed by atoms with Crippen molar-refractivity contribution in [2.75, 3.05) is 4.90 Å². The van der Waals surface area contributed by atoms with Gasteiger partial charge in [0, 0.05) is 0 Å². The van der Waals surface area contributed by atoms with Gasteiger partial charge in [-0.05, 0) is 35.9 Å². The summed E-state index contributed by atoms with van der Waals surface area (Å²) in [5, 5.41) is 0.827. The van der Waals surface area contributed by atoms with Crippen molar-refractivity contribution in [1.29, 1.82) is 0 Å². The molecule has 1 aliphatic heterocycles. The summed E-state index contributed by atoms with van der Waals surface area (Å²) in [7, 11) is 0. The summed E-state index contributed by atoms with van der Waals surface area (Å²) >= 11 is 18.2. The van der Waals surface area contributed by atoms with E-state index >= 15 is 0 Å². The first-order valence-corrected chi connectivity index (χ1v) is 8.43. The van der Waals surface area contributed by atoms with E-state index < -0.39 is 5.82 Å². The van der Waals surface area contributed by atoms with Gasteiger partial charge in [-0.1, -0.05) is 65.4 Å². The van der Waals surface area contributed by atoms with Crippen LogP contribution in [0.15, 0.2) is 47.4 Å². The second kappa shape index (κ2) is 6.61. The molecule has 1 amide bonds. The Hall–Kier alpha value is -1.40. The van der Waals surface area contributed by atoms with E-state index in [1.807, 2.05) is 0 Å². The number of carbonyl (C=O) groups is 1. The Morgan fingerprint density at radius 1 is 1.13 bits per heavy atom. The number of benzene rings is 2. The molecule has 1 aliphatic rings. The number of carbonyl (C=O) groups excluding carboxylic acids is 1. The van der Waals surface area contributed by atoms with Gasteiger partial charge in [-0.15, -0.1) is 0 Å². The third-order valence-electron chi connectivity index (χ3n) is 3.13. The topological polar surface area (TPSA) is 20.3 Å². The molecule has 0 spiro atoms. The molecular weight excluding hydrogens is 376 g/mol. The van der Waals surface area contributed by atoms with Crippen LogP contribution in [0.2, 0.25) is 10.0 Å². The van der Waals surface area contributed by atoms with Gasteiger partial charge in [0.05, 0.1) is 20.6 Å². The van der Waals surface area contributed by atoms with Crippen LogP contribution in [0.4, 0.5) is 10.1 Å². The first-order valence-electron chi connectivity index (χ1n) is 6.45. The summed E-state index contributed by atoms with van der Waals surface area (Å²) in [5.74, 6) is -0.865. The van der Waals surface area contributed by atoms with Gasteiger partial charge in [0.2, 0.25) is 0 Å². The highest BCUT2D eigenvalue weighted by Crippen LogP contribution is 2.37. The molecule has 1 fully saturated rings. The number of amides is 1. The van der Waals surface area contributed by atoms with Crippen molar-refractivity contribution in [3.8, 4) is 0 Å². The zero-order valence-corrected chi connectivity index (χ0v) is 14.6. The Morgan fingerprint density at radius 3 is 2.57 bits per heavy atom. The van der Waals surface area contributed by atoms with E-state index in [1.165, 1.54) is 17.0 Å². The summed E-state index contributed by atoms with van der Waals surface area (Å²) in [4.78, 5) is 14.1. The van der Waals surface area contributed by atoms with Crippen molar-refractivity contribution in [2.45, 2.75) is 0 Å². The van der Waals surface area contributed by atoms with Gasteiger partial charge in [0.1, 0.15) is 5.82 Å². The summed E-state index contributed by atoms with van der Waals surface area (Å²) < 4.78 is 14.2. The van der Waals surface area contributed by atoms with Gasteiger partial charge in [-0.25, -0.2) is 4.39 Å². The molecule has 1 saturated heterocycles. The van der Waals surface area contributed by atoms with Crippen molar-refractivity contribution in [3.63, 3.8) is 0 Å². The zero-order valence-electron chi connectivity index (χ0n) is 11.4. The van der Waals surface area contributed by atoms with Crippen LogP contribution in [0.3, 0.4) is 0 Å². The summed E-state index contributed by atoms with van der Waals surface area (Å²) in [5.41, 5.74) is 0.862. The number of thiocarbonyl (C=S) groups is 1. The highest BCUT2D eigenvalue weighted by Gasteiger charge is 2.34. The molecule has 0 atom stereocenters. The molecule has 2 nitrogen and oxygen atoms in total. The number of hydrogen-bond donors (Lipinski definition) is 0. The normalized spacial score (nSPS) is 16.5. The van der Waals surface area contributed by atoms with E-state index in [9.17, 15) is 9.18 Å². The van der Waals surface area contributed by atoms with Crippen molar-refractivity contribution in [3.05, 3.63) is 68.8 Å². The lowest BCUT2D eigenvalue weighted by Crippen LogP contribution is -2.28. The monoisotopic (exact) mass is 383 g/mol. The summed E-state index contributed by atoms with van der Waals surface area (Å²) in [6.07, 6.45) is 1.66. The Balaban J connectivity index is 1.96. The van der Waals surface area contributed by atoms with Crippen molar-refractivity contribution in [2.24, 2.45) is 0 Å². The molecule has 0 unspecified atom stereocenters. The van der Waals surface area contributed by atoms with Gasteiger partial charge in [-0.2, -0.15) is 0 Å². The minimum Gasteiger partial charge on any atom is -0.268 e. The lowest BCUT2D eigenvalue weighted by molar-refractivity contribution is -0.113. The van der Waals surface area contributed by atoms with Crippen molar-refractivity contribution >= 4 is 69.2 Å². The average molecular weight is 384 g/mol. The number of halogens is 3. The molecule has 0 aromatic heterocycles. The first kappa shape index (κ1) is 16.5. The minimum atomic E-state index is -0.500. The SMILES string of the molecule is O=C1/C(=C/c2ccc(Cl)c(Cl)c2)SC(=S)N1c1ccccc1F. The van der Waals surface area contributed by atoms with E-state index in [2.05, 4.69) is 0 Å². The highest BCUT2D eigenvalue weighted by atomic mass is 35.5. The fourth-order valence-electron chi connectivity index (χ4n) is 2.06. The molecule has 0 aliphatic carbocycles. The molecule has 23 heavy (non-hydrogen) atoms. The molecule has 1 heterocycles. The number of nitrogens with zero attached hydrogens (tertiary/aromatic N) is 1. The lowest BCUT2D eigenvalue weighted by atomic mass is 10.2. The van der Waals surface area contributed by atoms with Crippen LogP contribution >= 0.6 is 47.2 Å². The first-order chi connectivity index (χ1) is 11.0. The van der Waals surface area contributed by atoms with E-state index in [0.29, 0.717) is 20.5 Å². The molecule has 116 valence electrons. The standard InChI is InChI=1S/C16H8Cl2FNOS2/c17-10-6-5-9(7-11(10)18)8-14-15(21)20(16(22)23-14)13-4-2-1-3-12(13)19/h1-8H/b14-8-. The molecule has 0 N–H and O–H groups in total. The molecule has 0 bridgehead atoms. The van der Waals surface area contributed by atoms with Crippen LogP contribution in [0.5, 0.6) is 0 Å². The Kier molecular flexibility index (Phi) is 4.73. The Morgan fingerprint density at radius 2 is 1.87 bits per heavy atom. The molecule has 7 heteroatoms. The second-order valence-corrected chi connectivity index (χ2v) is 7.13. The minimum absolute atomic E-state index is 0.146. The second-order valence-electron chi connectivity index (χ2n) is 4.64. The number of anilines is 1.